The van der Waals surface area contributed by atoms with Crippen LogP contribution in [-0.2, 0) is 4.74 Å². The molecular formula is C11H25N3O. The Bertz CT molecular complexity index is 169. The predicted octanol–water partition coefficient (Wildman–Crippen LogP) is 1.36. The summed E-state index contributed by atoms with van der Waals surface area (Å²) in [6, 6.07) is 0. The van der Waals surface area contributed by atoms with Crippen molar-refractivity contribution in [2.45, 2.75) is 33.6 Å². The van der Waals surface area contributed by atoms with E-state index in [9.17, 15) is 0 Å². The van der Waals surface area contributed by atoms with Gasteiger partial charge in [0, 0.05) is 26.3 Å². The number of nitrogens with one attached hydrogen (secondary N) is 1. The van der Waals surface area contributed by atoms with E-state index in [-0.39, 0.29) is 0 Å². The van der Waals surface area contributed by atoms with Crippen molar-refractivity contribution in [2.75, 3.05) is 26.3 Å². The fourth-order valence-electron chi connectivity index (χ4n) is 1.03. The summed E-state index contributed by atoms with van der Waals surface area (Å²) in [6.45, 7) is 9.55. The van der Waals surface area contributed by atoms with E-state index < -0.39 is 0 Å². The molecular weight excluding hydrogens is 190 g/mol. The zero-order chi connectivity index (χ0) is 11.5. The molecule has 0 unspecified atom stereocenters. The minimum atomic E-state index is 0.556. The minimum Gasteiger partial charge on any atom is -0.382 e. The van der Waals surface area contributed by atoms with Crippen molar-refractivity contribution in [3.8, 4) is 0 Å². The van der Waals surface area contributed by atoms with Crippen LogP contribution in [0.15, 0.2) is 4.99 Å². The molecule has 0 amide bonds. The zero-order valence-electron chi connectivity index (χ0n) is 10.3. The van der Waals surface area contributed by atoms with Gasteiger partial charge in [0.2, 0.25) is 0 Å². The summed E-state index contributed by atoms with van der Waals surface area (Å²) in [4.78, 5) is 4.21. The van der Waals surface area contributed by atoms with Crippen molar-refractivity contribution >= 4 is 5.96 Å². The predicted molar refractivity (Wildman–Crippen MR) is 65.1 cm³/mol. The van der Waals surface area contributed by atoms with E-state index in [2.05, 4.69) is 24.2 Å². The largest absolute Gasteiger partial charge is 0.382 e. The number of guanidine groups is 1. The SMILES string of the molecule is CCOCCCCNC(N)=NCC(C)C. The summed E-state index contributed by atoms with van der Waals surface area (Å²) in [7, 11) is 0. The number of unbranched alkanes of at least 4 members (excludes halogenated alkanes) is 1. The first-order chi connectivity index (χ1) is 7.16. The Morgan fingerprint density at radius 2 is 2.13 bits per heavy atom. The van der Waals surface area contributed by atoms with Gasteiger partial charge in [-0.1, -0.05) is 13.8 Å². The molecule has 0 spiro atoms. The van der Waals surface area contributed by atoms with Crippen LogP contribution in [-0.4, -0.2) is 32.3 Å². The summed E-state index contributed by atoms with van der Waals surface area (Å²) >= 11 is 0. The number of rotatable bonds is 8. The van der Waals surface area contributed by atoms with E-state index in [1.165, 1.54) is 0 Å². The lowest BCUT2D eigenvalue weighted by molar-refractivity contribution is 0.143. The maximum Gasteiger partial charge on any atom is 0.188 e. The Morgan fingerprint density at radius 3 is 2.73 bits per heavy atom. The number of aliphatic imine (C=N–C) groups is 1. The highest BCUT2D eigenvalue weighted by atomic mass is 16.5. The number of hydrogen-bond acceptors (Lipinski definition) is 2. The monoisotopic (exact) mass is 215 g/mol. The minimum absolute atomic E-state index is 0.556. The maximum absolute atomic E-state index is 5.67. The third-order valence-corrected chi connectivity index (χ3v) is 1.85. The van der Waals surface area contributed by atoms with Crippen LogP contribution < -0.4 is 11.1 Å². The topological polar surface area (TPSA) is 59.6 Å². The fraction of sp³-hybridized carbons (Fsp3) is 0.909. The Labute approximate surface area is 93.3 Å². The van der Waals surface area contributed by atoms with Gasteiger partial charge in [-0.2, -0.15) is 0 Å². The molecule has 0 rings (SSSR count). The molecule has 0 bridgehead atoms. The molecule has 0 radical (unpaired) electrons. The average molecular weight is 215 g/mol. The van der Waals surface area contributed by atoms with Gasteiger partial charge in [-0.15, -0.1) is 0 Å². The standard InChI is InChI=1S/C11H25N3O/c1-4-15-8-6-5-7-13-11(12)14-9-10(2)3/h10H,4-9H2,1-3H3,(H3,12,13,14). The highest BCUT2D eigenvalue weighted by Crippen LogP contribution is 1.91. The molecule has 3 N–H and O–H groups in total. The highest BCUT2D eigenvalue weighted by Gasteiger charge is 1.94. The molecule has 0 aromatic heterocycles. The maximum atomic E-state index is 5.67. The average Bonchev–Trinajstić information content (AvgIpc) is 2.20. The third-order valence-electron chi connectivity index (χ3n) is 1.85. The van der Waals surface area contributed by atoms with Crippen molar-refractivity contribution in [3.05, 3.63) is 0 Å². The van der Waals surface area contributed by atoms with E-state index in [0.717, 1.165) is 39.1 Å². The molecule has 0 aliphatic carbocycles. The summed E-state index contributed by atoms with van der Waals surface area (Å²) in [5.74, 6) is 1.11. The molecule has 0 aliphatic heterocycles. The molecule has 0 aromatic rings. The van der Waals surface area contributed by atoms with Crippen LogP contribution in [0.25, 0.3) is 0 Å². The molecule has 0 fully saturated rings. The lowest BCUT2D eigenvalue weighted by Crippen LogP contribution is -2.32. The molecule has 4 heteroatoms. The molecule has 0 heterocycles. The third kappa shape index (κ3) is 11.2. The smallest absolute Gasteiger partial charge is 0.188 e. The van der Waals surface area contributed by atoms with Crippen molar-refractivity contribution in [1.29, 1.82) is 0 Å². The number of nitrogens with zero attached hydrogens (tertiary/aromatic N) is 1. The molecule has 90 valence electrons. The van der Waals surface area contributed by atoms with E-state index in [1.54, 1.807) is 0 Å². The van der Waals surface area contributed by atoms with Crippen LogP contribution in [0.2, 0.25) is 0 Å². The number of hydrogen-bond donors (Lipinski definition) is 2. The summed E-state index contributed by atoms with van der Waals surface area (Å²) < 4.78 is 5.23. The number of ether oxygens (including phenoxy) is 1. The Morgan fingerprint density at radius 1 is 1.40 bits per heavy atom. The second kappa shape index (κ2) is 9.77. The van der Waals surface area contributed by atoms with Gasteiger partial charge in [0.1, 0.15) is 0 Å². The molecule has 0 saturated heterocycles. The molecule has 4 nitrogen and oxygen atoms in total. The molecule has 15 heavy (non-hydrogen) atoms. The van der Waals surface area contributed by atoms with Crippen LogP contribution >= 0.6 is 0 Å². The lowest BCUT2D eigenvalue weighted by Gasteiger charge is -2.06. The van der Waals surface area contributed by atoms with Gasteiger partial charge >= 0.3 is 0 Å². The molecule has 0 aliphatic rings. The highest BCUT2D eigenvalue weighted by molar-refractivity contribution is 5.77. The molecule has 0 aromatic carbocycles. The van der Waals surface area contributed by atoms with E-state index in [0.29, 0.717) is 11.9 Å². The van der Waals surface area contributed by atoms with Gasteiger partial charge in [0.25, 0.3) is 0 Å². The van der Waals surface area contributed by atoms with Gasteiger partial charge in [-0.25, -0.2) is 0 Å². The Kier molecular flexibility index (Phi) is 9.27. The first-order valence-electron chi connectivity index (χ1n) is 5.78. The normalized spacial score (nSPS) is 12.1. The number of nitrogens with two attached hydrogens (primary N) is 1. The fourth-order valence-corrected chi connectivity index (χ4v) is 1.03. The van der Waals surface area contributed by atoms with Crippen molar-refractivity contribution in [1.82, 2.24) is 5.32 Å². The van der Waals surface area contributed by atoms with Gasteiger partial charge in [-0.05, 0) is 25.7 Å². The summed E-state index contributed by atoms with van der Waals surface area (Å²) in [6.07, 6.45) is 2.14. The Hall–Kier alpha value is -0.770. The van der Waals surface area contributed by atoms with Gasteiger partial charge in [0.15, 0.2) is 5.96 Å². The first-order valence-corrected chi connectivity index (χ1v) is 5.78. The van der Waals surface area contributed by atoms with Crippen LogP contribution in [0.5, 0.6) is 0 Å². The van der Waals surface area contributed by atoms with E-state index in [4.69, 9.17) is 10.5 Å². The molecule has 0 saturated carbocycles. The lowest BCUT2D eigenvalue weighted by atomic mass is 10.2. The van der Waals surface area contributed by atoms with Gasteiger partial charge in [0.05, 0.1) is 0 Å². The van der Waals surface area contributed by atoms with Gasteiger partial charge < -0.3 is 15.8 Å². The first kappa shape index (κ1) is 14.2. The van der Waals surface area contributed by atoms with Crippen LogP contribution in [0.3, 0.4) is 0 Å². The van der Waals surface area contributed by atoms with Crippen LogP contribution in [0.1, 0.15) is 33.6 Å². The van der Waals surface area contributed by atoms with Crippen molar-refractivity contribution in [3.63, 3.8) is 0 Å². The molecule has 0 atom stereocenters. The van der Waals surface area contributed by atoms with Crippen molar-refractivity contribution < 1.29 is 4.74 Å². The van der Waals surface area contributed by atoms with Crippen LogP contribution in [0, 0.1) is 5.92 Å². The quantitative estimate of drug-likeness (QED) is 0.365. The summed E-state index contributed by atoms with van der Waals surface area (Å²) in [5, 5.41) is 3.09. The second-order valence-corrected chi connectivity index (χ2v) is 3.95. The zero-order valence-corrected chi connectivity index (χ0v) is 10.3. The van der Waals surface area contributed by atoms with Gasteiger partial charge in [-0.3, -0.25) is 4.99 Å². The summed E-state index contributed by atoms with van der Waals surface area (Å²) in [5.41, 5.74) is 5.67. The van der Waals surface area contributed by atoms with Crippen LogP contribution in [0.4, 0.5) is 0 Å². The van der Waals surface area contributed by atoms with E-state index in [1.807, 2.05) is 6.92 Å². The van der Waals surface area contributed by atoms with E-state index >= 15 is 0 Å². The second-order valence-electron chi connectivity index (χ2n) is 3.95. The van der Waals surface area contributed by atoms with Crippen molar-refractivity contribution in [2.24, 2.45) is 16.6 Å². The Balaban J connectivity index is 3.30.